The smallest absolute Gasteiger partial charge is 0.268 e. The fourth-order valence-corrected chi connectivity index (χ4v) is 4.42. The monoisotopic (exact) mass is 399 g/mol. The van der Waals surface area contributed by atoms with Crippen molar-refractivity contribution in [3.8, 4) is 0 Å². The Bertz CT molecular complexity index is 1060. The largest absolute Gasteiger partial charge is 0.272 e. The van der Waals surface area contributed by atoms with Crippen molar-refractivity contribution in [2.45, 2.75) is 19.1 Å². The quantitative estimate of drug-likeness (QED) is 0.516. The minimum absolute atomic E-state index is 0.251. The van der Waals surface area contributed by atoms with Crippen molar-refractivity contribution in [3.05, 3.63) is 107 Å². The number of amides is 2. The molecule has 0 N–H and O–H groups in total. The molecule has 0 radical (unpaired) electrons. The Morgan fingerprint density at radius 2 is 1.34 bits per heavy atom. The first-order chi connectivity index (χ1) is 14.2. The predicted octanol–water partition coefficient (Wildman–Crippen LogP) is 5.47. The Morgan fingerprint density at radius 1 is 0.724 bits per heavy atom. The maximum absolute atomic E-state index is 13.3. The zero-order valence-electron chi connectivity index (χ0n) is 16.2. The molecule has 0 saturated heterocycles. The van der Waals surface area contributed by atoms with Gasteiger partial charge in [0.05, 0.1) is 16.2 Å². The molecule has 3 aromatic rings. The highest BCUT2D eigenvalue weighted by atomic mass is 32.2. The molecule has 0 unspecified atom stereocenters. The van der Waals surface area contributed by atoms with Gasteiger partial charge in [0.25, 0.3) is 11.8 Å². The highest BCUT2D eigenvalue weighted by molar-refractivity contribution is 8.03. The summed E-state index contributed by atoms with van der Waals surface area (Å²) in [5.74, 6) is 0.119. The predicted molar refractivity (Wildman–Crippen MR) is 119 cm³/mol. The van der Waals surface area contributed by atoms with E-state index in [1.165, 1.54) is 22.2 Å². The second kappa shape index (κ2) is 8.50. The number of imide groups is 1. The first-order valence-corrected chi connectivity index (χ1v) is 10.6. The summed E-state index contributed by atoms with van der Waals surface area (Å²) in [5.41, 5.74) is 4.15. The van der Waals surface area contributed by atoms with E-state index in [4.69, 9.17) is 0 Å². The summed E-state index contributed by atoms with van der Waals surface area (Å²) < 4.78 is 0. The molecule has 0 fully saturated rings. The topological polar surface area (TPSA) is 37.4 Å². The highest BCUT2D eigenvalue weighted by Gasteiger charge is 2.40. The van der Waals surface area contributed by atoms with Gasteiger partial charge in [-0.1, -0.05) is 79.7 Å². The van der Waals surface area contributed by atoms with Crippen molar-refractivity contribution >= 4 is 34.8 Å². The van der Waals surface area contributed by atoms with Crippen LogP contribution in [-0.2, 0) is 21.8 Å². The Kier molecular flexibility index (Phi) is 5.63. The van der Waals surface area contributed by atoms with Crippen LogP contribution in [0.15, 0.2) is 89.8 Å². The van der Waals surface area contributed by atoms with Crippen LogP contribution in [-0.4, -0.2) is 11.8 Å². The van der Waals surface area contributed by atoms with Gasteiger partial charge in [0.2, 0.25) is 0 Å². The van der Waals surface area contributed by atoms with E-state index in [2.05, 4.69) is 6.92 Å². The van der Waals surface area contributed by atoms with E-state index in [1.807, 2.05) is 84.9 Å². The maximum Gasteiger partial charge on any atom is 0.272 e. The third-order valence-electron chi connectivity index (χ3n) is 4.93. The summed E-state index contributed by atoms with van der Waals surface area (Å²) >= 11 is 1.43. The van der Waals surface area contributed by atoms with Crippen LogP contribution in [0.5, 0.6) is 0 Å². The van der Waals surface area contributed by atoms with Crippen LogP contribution in [0.3, 0.4) is 0 Å². The van der Waals surface area contributed by atoms with E-state index in [-0.39, 0.29) is 11.8 Å². The second-order valence-electron chi connectivity index (χ2n) is 6.81. The third kappa shape index (κ3) is 3.89. The molecule has 0 bridgehead atoms. The SMILES string of the molecule is CCc1ccc(N2C(=O)C(SCc3ccccc3)=C(c3ccccc3)C2=O)cc1. The van der Waals surface area contributed by atoms with Gasteiger partial charge < -0.3 is 0 Å². The number of carbonyl (C=O) groups excluding carboxylic acids is 2. The van der Waals surface area contributed by atoms with E-state index < -0.39 is 0 Å². The molecule has 0 aliphatic carbocycles. The molecule has 144 valence electrons. The number of rotatable bonds is 6. The summed E-state index contributed by atoms with van der Waals surface area (Å²) in [4.78, 5) is 28.4. The summed E-state index contributed by atoms with van der Waals surface area (Å²) in [6.07, 6.45) is 0.911. The van der Waals surface area contributed by atoms with E-state index >= 15 is 0 Å². The molecule has 0 atom stereocenters. The van der Waals surface area contributed by atoms with Crippen molar-refractivity contribution in [2.24, 2.45) is 0 Å². The summed E-state index contributed by atoms with van der Waals surface area (Å²) in [5, 5.41) is 0. The Balaban J connectivity index is 1.71. The number of carbonyl (C=O) groups is 2. The number of thioether (sulfide) groups is 1. The number of hydrogen-bond acceptors (Lipinski definition) is 3. The van der Waals surface area contributed by atoms with Crippen molar-refractivity contribution in [3.63, 3.8) is 0 Å². The molecular formula is C25H21NO2S. The zero-order chi connectivity index (χ0) is 20.2. The molecule has 4 heteroatoms. The van der Waals surface area contributed by atoms with Gasteiger partial charge in [0.15, 0.2) is 0 Å². The molecule has 0 aromatic heterocycles. The summed E-state index contributed by atoms with van der Waals surface area (Å²) in [6, 6.07) is 27.0. The van der Waals surface area contributed by atoms with Crippen molar-refractivity contribution < 1.29 is 9.59 Å². The normalized spacial score (nSPS) is 14.0. The fourth-order valence-electron chi connectivity index (χ4n) is 3.35. The number of nitrogens with zero attached hydrogens (tertiary/aromatic N) is 1. The maximum atomic E-state index is 13.3. The standard InChI is InChI=1S/C25H21NO2S/c1-2-18-13-15-21(16-14-18)26-24(27)22(20-11-7-4-8-12-20)23(25(26)28)29-17-19-9-5-3-6-10-19/h3-16H,2,17H2,1H3. The summed E-state index contributed by atoms with van der Waals surface area (Å²) in [6.45, 7) is 2.08. The highest BCUT2D eigenvalue weighted by Crippen LogP contribution is 2.39. The average molecular weight is 400 g/mol. The van der Waals surface area contributed by atoms with Gasteiger partial charge in [-0.2, -0.15) is 0 Å². The molecule has 0 saturated carbocycles. The van der Waals surface area contributed by atoms with Crippen molar-refractivity contribution in [1.29, 1.82) is 0 Å². The molecule has 3 nitrogen and oxygen atoms in total. The Hall–Kier alpha value is -3.11. The van der Waals surface area contributed by atoms with E-state index in [0.717, 1.165) is 17.5 Å². The first-order valence-electron chi connectivity index (χ1n) is 9.63. The molecule has 0 spiro atoms. The van der Waals surface area contributed by atoms with Gasteiger partial charge in [-0.15, -0.1) is 11.8 Å². The lowest BCUT2D eigenvalue weighted by molar-refractivity contribution is -0.119. The number of benzene rings is 3. The lowest BCUT2D eigenvalue weighted by Gasteiger charge is -2.15. The number of anilines is 1. The molecule has 1 aliphatic heterocycles. The van der Waals surface area contributed by atoms with Crippen LogP contribution in [0.2, 0.25) is 0 Å². The molecule has 3 aromatic carbocycles. The van der Waals surface area contributed by atoms with Gasteiger partial charge >= 0.3 is 0 Å². The lowest BCUT2D eigenvalue weighted by atomic mass is 10.1. The first kappa shape index (κ1) is 19.2. The van der Waals surface area contributed by atoms with E-state index in [1.54, 1.807) is 0 Å². The van der Waals surface area contributed by atoms with Crippen molar-refractivity contribution in [2.75, 3.05) is 4.90 Å². The Morgan fingerprint density at radius 3 is 1.97 bits per heavy atom. The van der Waals surface area contributed by atoms with Gasteiger partial charge in [-0.05, 0) is 35.2 Å². The molecule has 29 heavy (non-hydrogen) atoms. The Labute approximate surface area is 175 Å². The van der Waals surface area contributed by atoms with Crippen LogP contribution in [0.1, 0.15) is 23.6 Å². The van der Waals surface area contributed by atoms with Gasteiger partial charge in [0.1, 0.15) is 0 Å². The molecular weight excluding hydrogens is 378 g/mol. The van der Waals surface area contributed by atoms with Crippen LogP contribution < -0.4 is 4.90 Å². The average Bonchev–Trinajstić information content (AvgIpc) is 3.03. The summed E-state index contributed by atoms with van der Waals surface area (Å²) in [7, 11) is 0. The van der Waals surface area contributed by atoms with E-state index in [9.17, 15) is 9.59 Å². The second-order valence-corrected chi connectivity index (χ2v) is 7.80. The van der Waals surface area contributed by atoms with Crippen molar-refractivity contribution in [1.82, 2.24) is 0 Å². The third-order valence-corrected chi connectivity index (χ3v) is 6.08. The lowest BCUT2D eigenvalue weighted by Crippen LogP contribution is -2.31. The molecule has 1 heterocycles. The van der Waals surface area contributed by atoms with Gasteiger partial charge in [-0.3, -0.25) is 9.59 Å². The van der Waals surface area contributed by atoms with Gasteiger partial charge in [-0.25, -0.2) is 4.90 Å². The van der Waals surface area contributed by atoms with Crippen LogP contribution >= 0.6 is 11.8 Å². The van der Waals surface area contributed by atoms with Gasteiger partial charge in [0, 0.05) is 5.75 Å². The minimum Gasteiger partial charge on any atom is -0.268 e. The van der Waals surface area contributed by atoms with E-state index in [0.29, 0.717) is 21.9 Å². The minimum atomic E-state index is -0.263. The van der Waals surface area contributed by atoms with Crippen LogP contribution in [0, 0.1) is 0 Å². The zero-order valence-corrected chi connectivity index (χ0v) is 17.0. The number of hydrogen-bond donors (Lipinski definition) is 0. The molecule has 4 rings (SSSR count). The van der Waals surface area contributed by atoms with Crippen LogP contribution in [0.25, 0.3) is 5.57 Å². The molecule has 1 aliphatic rings. The van der Waals surface area contributed by atoms with Crippen LogP contribution in [0.4, 0.5) is 5.69 Å². The fraction of sp³-hybridized carbons (Fsp3) is 0.120. The number of aryl methyl sites for hydroxylation is 1. The molecule has 2 amide bonds.